The number of halogens is 1. The first kappa shape index (κ1) is 19.5. The monoisotopic (exact) mass is 362 g/mol. The van der Waals surface area contributed by atoms with Crippen LogP contribution in [0.1, 0.15) is 35.4 Å². The summed E-state index contributed by atoms with van der Waals surface area (Å²) in [4.78, 5) is 12.3. The van der Waals surface area contributed by atoms with E-state index in [-0.39, 0.29) is 24.2 Å². The summed E-state index contributed by atoms with van der Waals surface area (Å²) in [6.45, 7) is 7.21. The van der Waals surface area contributed by atoms with Crippen LogP contribution in [0.15, 0.2) is 30.3 Å². The van der Waals surface area contributed by atoms with Crippen molar-refractivity contribution in [2.45, 2.75) is 39.8 Å². The number of amides is 1. The van der Waals surface area contributed by atoms with Gasteiger partial charge in [-0.05, 0) is 38.8 Å². The van der Waals surface area contributed by atoms with E-state index in [0.717, 1.165) is 49.4 Å². The molecule has 0 saturated carbocycles. The quantitative estimate of drug-likeness (QED) is 0.859. The fraction of sp³-hybridized carbons (Fsp3) is 0.474. The van der Waals surface area contributed by atoms with E-state index < -0.39 is 0 Å². The Balaban J connectivity index is 0.00000225. The first-order valence-corrected chi connectivity index (χ1v) is 8.70. The van der Waals surface area contributed by atoms with Crippen LogP contribution in [0.25, 0.3) is 0 Å². The van der Waals surface area contributed by atoms with E-state index in [0.29, 0.717) is 6.54 Å². The normalized spacial score (nSPS) is 17.0. The molecule has 1 unspecified atom stereocenters. The van der Waals surface area contributed by atoms with E-state index in [9.17, 15) is 4.79 Å². The van der Waals surface area contributed by atoms with Crippen LogP contribution in [0.2, 0.25) is 0 Å². The molecule has 2 aromatic rings. The van der Waals surface area contributed by atoms with Gasteiger partial charge in [-0.15, -0.1) is 12.4 Å². The number of carbonyl (C=O) groups is 1. The molecule has 1 fully saturated rings. The van der Waals surface area contributed by atoms with Crippen LogP contribution < -0.4 is 10.6 Å². The van der Waals surface area contributed by atoms with Gasteiger partial charge < -0.3 is 10.6 Å². The van der Waals surface area contributed by atoms with Crippen LogP contribution >= 0.6 is 12.4 Å². The minimum Gasteiger partial charge on any atom is -0.352 e. The number of carbonyl (C=O) groups excluding carboxylic acids is 1. The van der Waals surface area contributed by atoms with Crippen molar-refractivity contribution in [3.63, 3.8) is 0 Å². The lowest BCUT2D eigenvalue weighted by Gasteiger charge is -2.21. The second kappa shape index (κ2) is 9.02. The Labute approximate surface area is 155 Å². The highest BCUT2D eigenvalue weighted by Gasteiger charge is 2.21. The van der Waals surface area contributed by atoms with Gasteiger partial charge in [0.05, 0.1) is 18.2 Å². The molecule has 1 saturated heterocycles. The van der Waals surface area contributed by atoms with Crippen LogP contribution in [0, 0.1) is 19.8 Å². The number of hydrogen-bond acceptors (Lipinski definition) is 3. The Hall–Kier alpha value is -1.85. The molecule has 1 aromatic heterocycles. The molecule has 6 heteroatoms. The molecule has 25 heavy (non-hydrogen) atoms. The fourth-order valence-electron chi connectivity index (χ4n) is 3.30. The number of piperidine rings is 1. The largest absolute Gasteiger partial charge is 0.352 e. The second-order valence-electron chi connectivity index (χ2n) is 6.55. The first-order chi connectivity index (χ1) is 11.6. The van der Waals surface area contributed by atoms with Crippen LogP contribution in [0.3, 0.4) is 0 Å². The lowest BCUT2D eigenvalue weighted by molar-refractivity contribution is -0.125. The van der Waals surface area contributed by atoms with Gasteiger partial charge in [-0.3, -0.25) is 9.48 Å². The lowest BCUT2D eigenvalue weighted by Crippen LogP contribution is -2.40. The number of nitrogens with one attached hydrogen (secondary N) is 2. The number of hydrogen-bond donors (Lipinski definition) is 2. The smallest absolute Gasteiger partial charge is 0.224 e. The Morgan fingerprint density at radius 2 is 2.08 bits per heavy atom. The molecule has 0 aliphatic carbocycles. The van der Waals surface area contributed by atoms with Crippen molar-refractivity contribution in [1.29, 1.82) is 0 Å². The van der Waals surface area contributed by atoms with Gasteiger partial charge in [-0.1, -0.05) is 30.3 Å². The first-order valence-electron chi connectivity index (χ1n) is 8.70. The SMILES string of the molecule is Cc1nn(Cc2ccccc2)c(C)c1CNC(=O)C1CCCNC1.Cl. The fourth-order valence-corrected chi connectivity index (χ4v) is 3.30. The third kappa shape index (κ3) is 4.83. The molecule has 5 nitrogen and oxygen atoms in total. The van der Waals surface area contributed by atoms with Crippen molar-refractivity contribution < 1.29 is 4.79 Å². The molecule has 1 amide bonds. The summed E-state index contributed by atoms with van der Waals surface area (Å²) in [5, 5.41) is 11.0. The number of nitrogens with zero attached hydrogens (tertiary/aromatic N) is 2. The summed E-state index contributed by atoms with van der Waals surface area (Å²) in [5.41, 5.74) is 4.47. The van der Waals surface area contributed by atoms with Crippen molar-refractivity contribution in [3.8, 4) is 0 Å². The van der Waals surface area contributed by atoms with Crippen LogP contribution in [-0.2, 0) is 17.9 Å². The van der Waals surface area contributed by atoms with Crippen molar-refractivity contribution in [2.75, 3.05) is 13.1 Å². The highest BCUT2D eigenvalue weighted by Crippen LogP contribution is 2.16. The van der Waals surface area contributed by atoms with Crippen molar-refractivity contribution >= 4 is 18.3 Å². The number of benzene rings is 1. The molecule has 1 atom stereocenters. The third-order valence-corrected chi connectivity index (χ3v) is 4.81. The molecule has 1 aliphatic heterocycles. The van der Waals surface area contributed by atoms with Gasteiger partial charge in [0.2, 0.25) is 5.91 Å². The number of aromatic nitrogens is 2. The maximum Gasteiger partial charge on any atom is 0.224 e. The predicted molar refractivity (Wildman–Crippen MR) is 102 cm³/mol. The van der Waals surface area contributed by atoms with E-state index in [1.54, 1.807) is 0 Å². The molecule has 0 radical (unpaired) electrons. The number of aryl methyl sites for hydroxylation is 1. The zero-order valence-electron chi connectivity index (χ0n) is 14.9. The minimum absolute atomic E-state index is 0. The van der Waals surface area contributed by atoms with Crippen LogP contribution in [0.4, 0.5) is 0 Å². The van der Waals surface area contributed by atoms with E-state index in [1.165, 1.54) is 5.56 Å². The van der Waals surface area contributed by atoms with Gasteiger partial charge in [0.25, 0.3) is 0 Å². The maximum atomic E-state index is 12.3. The van der Waals surface area contributed by atoms with E-state index in [4.69, 9.17) is 0 Å². The topological polar surface area (TPSA) is 59.0 Å². The Morgan fingerprint density at radius 3 is 2.76 bits per heavy atom. The summed E-state index contributed by atoms with van der Waals surface area (Å²) in [6, 6.07) is 10.3. The van der Waals surface area contributed by atoms with Gasteiger partial charge in [0.1, 0.15) is 0 Å². The zero-order valence-corrected chi connectivity index (χ0v) is 15.7. The molecule has 0 spiro atoms. The Bertz CT molecular complexity index is 693. The predicted octanol–water partition coefficient (Wildman–Crippen LogP) is 2.59. The van der Waals surface area contributed by atoms with Crippen molar-refractivity contribution in [1.82, 2.24) is 20.4 Å². The molecule has 3 rings (SSSR count). The summed E-state index contributed by atoms with van der Waals surface area (Å²) in [7, 11) is 0. The molecule has 0 bridgehead atoms. The van der Waals surface area contributed by atoms with Gasteiger partial charge in [-0.2, -0.15) is 5.10 Å². The third-order valence-electron chi connectivity index (χ3n) is 4.81. The molecule has 1 aromatic carbocycles. The molecule has 2 heterocycles. The average molecular weight is 363 g/mol. The van der Waals surface area contributed by atoms with E-state index in [2.05, 4.69) is 34.8 Å². The summed E-state index contributed by atoms with van der Waals surface area (Å²) in [6.07, 6.45) is 2.05. The summed E-state index contributed by atoms with van der Waals surface area (Å²) < 4.78 is 2.02. The maximum absolute atomic E-state index is 12.3. The zero-order chi connectivity index (χ0) is 16.9. The van der Waals surface area contributed by atoms with Gasteiger partial charge in [0.15, 0.2) is 0 Å². The molecule has 1 aliphatic rings. The molecule has 136 valence electrons. The van der Waals surface area contributed by atoms with Crippen LogP contribution in [0.5, 0.6) is 0 Å². The van der Waals surface area contributed by atoms with E-state index in [1.807, 2.05) is 29.8 Å². The summed E-state index contributed by atoms with van der Waals surface area (Å²) >= 11 is 0. The van der Waals surface area contributed by atoms with Gasteiger partial charge >= 0.3 is 0 Å². The van der Waals surface area contributed by atoms with E-state index >= 15 is 0 Å². The molecule has 2 N–H and O–H groups in total. The lowest BCUT2D eigenvalue weighted by atomic mass is 9.99. The second-order valence-corrected chi connectivity index (χ2v) is 6.55. The summed E-state index contributed by atoms with van der Waals surface area (Å²) in [5.74, 6) is 0.246. The van der Waals surface area contributed by atoms with Crippen LogP contribution in [-0.4, -0.2) is 28.8 Å². The number of rotatable bonds is 5. The Morgan fingerprint density at radius 1 is 1.32 bits per heavy atom. The highest BCUT2D eigenvalue weighted by atomic mass is 35.5. The average Bonchev–Trinajstić information content (AvgIpc) is 2.88. The minimum atomic E-state index is 0. The molecular weight excluding hydrogens is 336 g/mol. The van der Waals surface area contributed by atoms with Gasteiger partial charge in [0, 0.05) is 24.3 Å². The van der Waals surface area contributed by atoms with Gasteiger partial charge in [-0.25, -0.2) is 0 Å². The van der Waals surface area contributed by atoms with Crippen molar-refractivity contribution in [2.24, 2.45) is 5.92 Å². The highest BCUT2D eigenvalue weighted by molar-refractivity contribution is 5.85. The van der Waals surface area contributed by atoms with Crippen molar-refractivity contribution in [3.05, 3.63) is 52.8 Å². The standard InChI is InChI=1S/C19H26N4O.ClH/c1-14-18(12-21-19(24)17-9-6-10-20-11-17)15(2)23(22-14)13-16-7-4-3-5-8-16;/h3-5,7-8,17,20H,6,9-13H2,1-2H3,(H,21,24);1H. The molecular formula is C19H27ClN4O. The Kier molecular flexibility index (Phi) is 7.02.